The Morgan fingerprint density at radius 1 is 0.460 bits per heavy atom. The topological polar surface area (TPSA) is 51.8 Å². The minimum atomic E-state index is -0.310. The Hall–Kier alpha value is -6.43. The van der Waals surface area contributed by atoms with Crippen LogP contribution in [0.4, 0.5) is 0 Å². The van der Waals surface area contributed by atoms with Crippen molar-refractivity contribution in [2.45, 2.75) is 0 Å². The Labute approximate surface area is 300 Å². The molecule has 0 amide bonds. The molecule has 0 bridgehead atoms. The first-order valence-electron chi connectivity index (χ1n) is 19.1. The second-order valence-electron chi connectivity index (χ2n) is 11.9. The summed E-state index contributed by atoms with van der Waals surface area (Å²) in [4.78, 5) is 14.5. The number of nitrogens with zero attached hydrogens (tertiary/aromatic N) is 3. The van der Waals surface area contributed by atoms with Gasteiger partial charge in [-0.1, -0.05) is 152 Å². The highest BCUT2D eigenvalue weighted by Gasteiger charge is 2.18. The number of aromatic nitrogens is 3. The lowest BCUT2D eigenvalue weighted by Gasteiger charge is -2.09. The Morgan fingerprint density at radius 2 is 1.08 bits per heavy atom. The third kappa shape index (κ3) is 4.79. The summed E-state index contributed by atoms with van der Waals surface area (Å²) in [7, 11) is 0. The number of rotatable bonds is 5. The summed E-state index contributed by atoms with van der Waals surface area (Å²) >= 11 is 1.17. The number of thiophene rings is 1. The zero-order chi connectivity index (χ0) is 38.2. The Bertz CT molecular complexity index is 3200. The van der Waals surface area contributed by atoms with Gasteiger partial charge >= 0.3 is 0 Å². The van der Waals surface area contributed by atoms with E-state index in [0.29, 0.717) is 48.9 Å². The van der Waals surface area contributed by atoms with Crippen LogP contribution in [-0.4, -0.2) is 15.0 Å². The fourth-order valence-electron chi connectivity index (χ4n) is 6.44. The molecule has 0 saturated carbocycles. The smallest absolute Gasteiger partial charge is 0.164 e. The van der Waals surface area contributed by atoms with Gasteiger partial charge in [0.15, 0.2) is 17.5 Å². The van der Waals surface area contributed by atoms with Crippen LogP contribution < -0.4 is 0 Å². The molecule has 0 aliphatic rings. The van der Waals surface area contributed by atoms with E-state index in [9.17, 15) is 4.11 Å². The molecule has 234 valence electrons. The largest absolute Gasteiger partial charge is 0.455 e. The van der Waals surface area contributed by atoms with E-state index >= 15 is 0 Å². The SMILES string of the molecule is [2H]c1c([2H])c([2H])c2c(sc3c([2H])c(-c4nc(-c5ccccc5)nc(-c5ccc(-c6ccccc6)cc5)n4)c([2H])c([2H])c32)c1-c1cccc2c1oc1ccccc12. The minimum absolute atomic E-state index is 0.0560. The van der Waals surface area contributed by atoms with Crippen LogP contribution in [-0.2, 0) is 0 Å². The first-order chi connectivity index (χ1) is 27.3. The van der Waals surface area contributed by atoms with Crippen molar-refractivity contribution in [1.82, 2.24) is 15.0 Å². The first kappa shape index (κ1) is 23.0. The van der Waals surface area contributed by atoms with Crippen molar-refractivity contribution in [3.05, 3.63) is 164 Å². The maximum absolute atomic E-state index is 9.61. The lowest BCUT2D eigenvalue weighted by Crippen LogP contribution is -2.00. The number of fused-ring (bicyclic) bond motifs is 6. The quantitative estimate of drug-likeness (QED) is 0.184. The molecule has 0 N–H and O–H groups in total. The molecular formula is C45H27N3OS. The predicted octanol–water partition coefficient (Wildman–Crippen LogP) is 12.5. The van der Waals surface area contributed by atoms with Crippen LogP contribution >= 0.6 is 11.3 Å². The van der Waals surface area contributed by atoms with Crippen molar-refractivity contribution >= 4 is 53.4 Å². The van der Waals surface area contributed by atoms with Crippen LogP contribution in [0.3, 0.4) is 0 Å². The van der Waals surface area contributed by atoms with Crippen molar-refractivity contribution in [3.63, 3.8) is 0 Å². The van der Waals surface area contributed by atoms with Crippen LogP contribution in [0.5, 0.6) is 0 Å². The Balaban J connectivity index is 1.22. The van der Waals surface area contributed by atoms with Crippen LogP contribution in [0, 0.1) is 0 Å². The van der Waals surface area contributed by atoms with E-state index in [4.69, 9.17) is 23.5 Å². The van der Waals surface area contributed by atoms with Crippen molar-refractivity contribution in [2.75, 3.05) is 0 Å². The third-order valence-corrected chi connectivity index (χ3v) is 10.00. The monoisotopic (exact) mass is 663 g/mol. The van der Waals surface area contributed by atoms with Crippen molar-refractivity contribution in [1.29, 1.82) is 0 Å². The van der Waals surface area contributed by atoms with Crippen molar-refractivity contribution in [2.24, 2.45) is 0 Å². The van der Waals surface area contributed by atoms with Crippen molar-refractivity contribution in [3.8, 4) is 56.4 Å². The van der Waals surface area contributed by atoms with Crippen LogP contribution in [0.25, 0.3) is 98.5 Å². The zero-order valence-corrected chi connectivity index (χ0v) is 27.1. The van der Waals surface area contributed by atoms with E-state index in [-0.39, 0.29) is 58.4 Å². The molecule has 0 spiro atoms. The van der Waals surface area contributed by atoms with E-state index < -0.39 is 0 Å². The summed E-state index contributed by atoms with van der Waals surface area (Å²) in [6, 6.07) is 39.4. The van der Waals surface area contributed by atoms with Gasteiger partial charge in [-0.25, -0.2) is 15.0 Å². The van der Waals surface area contributed by atoms with Gasteiger partial charge in [0.05, 0.1) is 8.22 Å². The molecule has 10 aromatic rings. The Morgan fingerprint density at radius 3 is 1.86 bits per heavy atom. The van der Waals surface area contributed by atoms with Gasteiger partial charge in [-0.2, -0.15) is 0 Å². The number of furan rings is 1. The first-order valence-corrected chi connectivity index (χ1v) is 16.9. The van der Waals surface area contributed by atoms with Gasteiger partial charge in [0.1, 0.15) is 11.2 Å². The lowest BCUT2D eigenvalue weighted by atomic mass is 10.00. The van der Waals surface area contributed by atoms with Gasteiger partial charge in [0.25, 0.3) is 0 Å². The molecule has 50 heavy (non-hydrogen) atoms. The van der Waals surface area contributed by atoms with E-state index in [1.54, 1.807) is 0 Å². The summed E-state index contributed by atoms with van der Waals surface area (Å²) in [6.45, 7) is 0. The number of hydrogen-bond acceptors (Lipinski definition) is 5. The minimum Gasteiger partial charge on any atom is -0.455 e. The van der Waals surface area contributed by atoms with Gasteiger partial charge < -0.3 is 4.42 Å². The summed E-state index contributed by atoms with van der Waals surface area (Å²) < 4.78 is 62.5. The molecule has 7 aromatic carbocycles. The fraction of sp³-hybridized carbons (Fsp3) is 0. The summed E-state index contributed by atoms with van der Waals surface area (Å²) in [5.41, 5.74) is 5.77. The molecule has 5 heteroatoms. The highest BCUT2D eigenvalue weighted by molar-refractivity contribution is 7.26. The van der Waals surface area contributed by atoms with E-state index in [1.165, 1.54) is 11.3 Å². The summed E-state index contributed by atoms with van der Waals surface area (Å²) in [6.07, 6.45) is 0. The molecular weight excluding hydrogens is 631 g/mol. The summed E-state index contributed by atoms with van der Waals surface area (Å²) in [5, 5.41) is 2.23. The van der Waals surface area contributed by atoms with Crippen LogP contribution in [0.1, 0.15) is 8.22 Å². The summed E-state index contributed by atoms with van der Waals surface area (Å²) in [5.74, 6) is 0.777. The van der Waals surface area contributed by atoms with E-state index in [0.717, 1.165) is 27.5 Å². The number of benzene rings is 7. The predicted molar refractivity (Wildman–Crippen MR) is 207 cm³/mol. The maximum Gasteiger partial charge on any atom is 0.164 e. The molecule has 0 aliphatic heterocycles. The molecule has 3 heterocycles. The molecule has 0 atom stereocenters. The molecule has 10 rings (SSSR count). The average Bonchev–Trinajstić information content (AvgIpc) is 3.83. The molecule has 4 nitrogen and oxygen atoms in total. The van der Waals surface area contributed by atoms with Gasteiger partial charge in [-0.05, 0) is 23.2 Å². The highest BCUT2D eigenvalue weighted by atomic mass is 32.1. The maximum atomic E-state index is 9.61. The second kappa shape index (κ2) is 11.6. The third-order valence-electron chi connectivity index (χ3n) is 8.88. The zero-order valence-electron chi connectivity index (χ0n) is 32.3. The Kier molecular flexibility index (Phi) is 5.35. The molecule has 0 unspecified atom stereocenters. The fourth-order valence-corrected chi connectivity index (χ4v) is 7.57. The second-order valence-corrected chi connectivity index (χ2v) is 12.9. The molecule has 0 fully saturated rings. The number of para-hydroxylation sites is 2. The van der Waals surface area contributed by atoms with Crippen LogP contribution in [0.2, 0.25) is 0 Å². The molecule has 3 aromatic heterocycles. The normalized spacial score (nSPS) is 13.3. The lowest BCUT2D eigenvalue weighted by molar-refractivity contribution is 0.670. The van der Waals surface area contributed by atoms with Gasteiger partial charge in [0, 0.05) is 58.8 Å². The molecule has 0 aliphatic carbocycles. The van der Waals surface area contributed by atoms with Crippen LogP contribution in [0.15, 0.2) is 168 Å². The van der Waals surface area contributed by atoms with Gasteiger partial charge in [-0.15, -0.1) is 11.3 Å². The standard InChI is InChI=1S/C45H27N3OS/c1-3-11-28(12-4-1)29-21-23-31(24-22-29)44-46-43(30-13-5-2-6-14-30)47-45(48-44)32-25-26-34-37-18-10-19-38(42(37)50-40(34)27-32)36-17-9-16-35-33-15-7-8-20-39(33)49-41(35)36/h1-27H/i10D,18D,19D,25D,26D,27D. The van der Waals surface area contributed by atoms with Gasteiger partial charge in [-0.3, -0.25) is 0 Å². The molecule has 0 saturated heterocycles. The van der Waals surface area contributed by atoms with E-state index in [2.05, 4.69) is 0 Å². The average molecular weight is 664 g/mol. The highest BCUT2D eigenvalue weighted by Crippen LogP contribution is 2.44. The van der Waals surface area contributed by atoms with Gasteiger partial charge in [0.2, 0.25) is 0 Å². The van der Waals surface area contributed by atoms with E-state index in [1.807, 2.05) is 127 Å². The number of hydrogen-bond donors (Lipinski definition) is 0. The van der Waals surface area contributed by atoms with Crippen molar-refractivity contribution < 1.29 is 12.6 Å². The molecule has 0 radical (unpaired) electrons.